The summed E-state index contributed by atoms with van der Waals surface area (Å²) in [4.78, 5) is 0. The highest BCUT2D eigenvalue weighted by Gasteiger charge is 2.10. The lowest BCUT2D eigenvalue weighted by molar-refractivity contribution is 0.144. The quantitative estimate of drug-likeness (QED) is 0.789. The molecular weight excluding hydrogens is 230 g/mol. The normalized spacial score (nSPS) is 14.1. The van der Waals surface area contributed by atoms with Crippen LogP contribution in [0.3, 0.4) is 0 Å². The van der Waals surface area contributed by atoms with Gasteiger partial charge in [-0.25, -0.2) is 0 Å². The number of nitrogens with one attached hydrogen (secondary N) is 1. The van der Waals surface area contributed by atoms with E-state index in [4.69, 9.17) is 14.2 Å². The van der Waals surface area contributed by atoms with Crippen molar-refractivity contribution in [1.29, 1.82) is 0 Å². The maximum Gasteiger partial charge on any atom is 0.163 e. The van der Waals surface area contributed by atoms with E-state index in [1.54, 1.807) is 0 Å². The molecule has 1 aliphatic rings. The van der Waals surface area contributed by atoms with Crippen LogP contribution in [0.25, 0.3) is 0 Å². The highest BCUT2D eigenvalue weighted by Crippen LogP contribution is 2.32. The fourth-order valence-corrected chi connectivity index (χ4v) is 1.79. The van der Waals surface area contributed by atoms with Crippen LogP contribution in [0.15, 0.2) is 18.2 Å². The van der Waals surface area contributed by atoms with Crippen LogP contribution in [0.4, 0.5) is 5.69 Å². The van der Waals surface area contributed by atoms with Crippen LogP contribution < -0.4 is 14.8 Å². The molecule has 1 aromatic rings. The third-order valence-corrected chi connectivity index (χ3v) is 2.67. The van der Waals surface area contributed by atoms with Crippen LogP contribution in [0.5, 0.6) is 11.5 Å². The van der Waals surface area contributed by atoms with Gasteiger partial charge in [0.15, 0.2) is 11.5 Å². The molecule has 1 N–H and O–H groups in total. The van der Waals surface area contributed by atoms with E-state index >= 15 is 0 Å². The number of hydrogen-bond acceptors (Lipinski definition) is 4. The Morgan fingerprint density at radius 2 is 2.00 bits per heavy atom. The summed E-state index contributed by atoms with van der Waals surface area (Å²) < 4.78 is 16.6. The summed E-state index contributed by atoms with van der Waals surface area (Å²) in [6.07, 6.45) is 1.99. The standard InChI is InChI=1S/C14H21NO3/c1-2-7-16-10-6-15-12-4-5-13-14(11-12)18-9-3-8-17-13/h4-5,11,15H,2-3,6-10H2,1H3. The van der Waals surface area contributed by atoms with Crippen molar-refractivity contribution in [1.82, 2.24) is 0 Å². The van der Waals surface area contributed by atoms with E-state index in [0.29, 0.717) is 0 Å². The van der Waals surface area contributed by atoms with Gasteiger partial charge in [-0.1, -0.05) is 6.92 Å². The summed E-state index contributed by atoms with van der Waals surface area (Å²) in [6, 6.07) is 5.95. The lowest BCUT2D eigenvalue weighted by Gasteiger charge is -2.11. The second kappa shape index (κ2) is 7.11. The molecule has 0 saturated carbocycles. The molecule has 100 valence electrons. The number of hydrogen-bond donors (Lipinski definition) is 1. The van der Waals surface area contributed by atoms with Crippen LogP contribution in [-0.2, 0) is 4.74 Å². The second-order valence-corrected chi connectivity index (χ2v) is 4.25. The van der Waals surface area contributed by atoms with Gasteiger partial charge in [0.05, 0.1) is 19.8 Å². The highest BCUT2D eigenvalue weighted by atomic mass is 16.5. The monoisotopic (exact) mass is 251 g/mol. The van der Waals surface area contributed by atoms with Gasteiger partial charge in [0.25, 0.3) is 0 Å². The second-order valence-electron chi connectivity index (χ2n) is 4.25. The van der Waals surface area contributed by atoms with Crippen molar-refractivity contribution in [2.45, 2.75) is 19.8 Å². The number of rotatable bonds is 6. The van der Waals surface area contributed by atoms with Gasteiger partial charge in [0, 0.05) is 31.3 Å². The van der Waals surface area contributed by atoms with Crippen molar-refractivity contribution in [2.75, 3.05) is 38.3 Å². The first-order valence-electron chi connectivity index (χ1n) is 6.61. The summed E-state index contributed by atoms with van der Waals surface area (Å²) in [6.45, 7) is 5.91. The molecule has 0 atom stereocenters. The first-order chi connectivity index (χ1) is 8.90. The van der Waals surface area contributed by atoms with Crippen molar-refractivity contribution in [3.05, 3.63) is 18.2 Å². The van der Waals surface area contributed by atoms with E-state index in [1.807, 2.05) is 18.2 Å². The zero-order chi connectivity index (χ0) is 12.6. The molecule has 0 radical (unpaired) electrons. The van der Waals surface area contributed by atoms with E-state index in [0.717, 1.165) is 63.0 Å². The Bertz CT molecular complexity index is 368. The molecule has 0 fully saturated rings. The van der Waals surface area contributed by atoms with Crippen molar-refractivity contribution in [3.63, 3.8) is 0 Å². The number of anilines is 1. The Labute approximate surface area is 108 Å². The molecule has 2 rings (SSSR count). The van der Waals surface area contributed by atoms with E-state index in [2.05, 4.69) is 12.2 Å². The van der Waals surface area contributed by atoms with Crippen molar-refractivity contribution < 1.29 is 14.2 Å². The van der Waals surface area contributed by atoms with Crippen molar-refractivity contribution in [2.24, 2.45) is 0 Å². The summed E-state index contributed by atoms with van der Waals surface area (Å²) in [7, 11) is 0. The topological polar surface area (TPSA) is 39.7 Å². The van der Waals surface area contributed by atoms with Gasteiger partial charge >= 0.3 is 0 Å². The zero-order valence-electron chi connectivity index (χ0n) is 10.9. The van der Waals surface area contributed by atoms with Gasteiger partial charge in [-0.15, -0.1) is 0 Å². The predicted octanol–water partition coefficient (Wildman–Crippen LogP) is 2.69. The molecule has 1 aliphatic heterocycles. The molecule has 18 heavy (non-hydrogen) atoms. The van der Waals surface area contributed by atoms with Crippen LogP contribution in [0.2, 0.25) is 0 Å². The van der Waals surface area contributed by atoms with Crippen LogP contribution in [0, 0.1) is 0 Å². The lowest BCUT2D eigenvalue weighted by Crippen LogP contribution is -2.09. The average Bonchev–Trinajstić information content (AvgIpc) is 2.63. The third kappa shape index (κ3) is 3.81. The first-order valence-corrected chi connectivity index (χ1v) is 6.61. The molecule has 0 amide bonds. The predicted molar refractivity (Wildman–Crippen MR) is 71.6 cm³/mol. The summed E-state index contributed by atoms with van der Waals surface area (Å²) in [5, 5.41) is 3.31. The minimum absolute atomic E-state index is 0.718. The SMILES string of the molecule is CCCOCCNc1ccc2c(c1)OCCCO2. The third-order valence-electron chi connectivity index (χ3n) is 2.67. The lowest BCUT2D eigenvalue weighted by atomic mass is 10.2. The van der Waals surface area contributed by atoms with Gasteiger partial charge in [-0.3, -0.25) is 0 Å². The maximum atomic E-state index is 5.64. The van der Waals surface area contributed by atoms with Crippen molar-refractivity contribution >= 4 is 5.69 Å². The fourth-order valence-electron chi connectivity index (χ4n) is 1.79. The van der Waals surface area contributed by atoms with E-state index in [-0.39, 0.29) is 0 Å². The number of benzene rings is 1. The van der Waals surface area contributed by atoms with Gasteiger partial charge in [-0.2, -0.15) is 0 Å². The van der Waals surface area contributed by atoms with Crippen LogP contribution in [0.1, 0.15) is 19.8 Å². The molecule has 4 heteroatoms. The Morgan fingerprint density at radius 3 is 2.83 bits per heavy atom. The number of fused-ring (bicyclic) bond motifs is 1. The molecule has 0 aliphatic carbocycles. The van der Waals surface area contributed by atoms with E-state index in [9.17, 15) is 0 Å². The maximum absolute atomic E-state index is 5.64. The van der Waals surface area contributed by atoms with Crippen LogP contribution in [-0.4, -0.2) is 33.0 Å². The van der Waals surface area contributed by atoms with Crippen LogP contribution >= 0.6 is 0 Å². The van der Waals surface area contributed by atoms with Gasteiger partial charge in [-0.05, 0) is 18.6 Å². The molecule has 0 unspecified atom stereocenters. The largest absolute Gasteiger partial charge is 0.490 e. The Kier molecular flexibility index (Phi) is 5.15. The molecule has 0 aromatic heterocycles. The average molecular weight is 251 g/mol. The molecule has 1 heterocycles. The minimum Gasteiger partial charge on any atom is -0.490 e. The molecule has 0 bridgehead atoms. The first kappa shape index (κ1) is 13.0. The van der Waals surface area contributed by atoms with Gasteiger partial charge in [0.1, 0.15) is 0 Å². The molecule has 4 nitrogen and oxygen atoms in total. The number of ether oxygens (including phenoxy) is 3. The zero-order valence-corrected chi connectivity index (χ0v) is 10.9. The van der Waals surface area contributed by atoms with Crippen molar-refractivity contribution in [3.8, 4) is 11.5 Å². The molecular formula is C14H21NO3. The highest BCUT2D eigenvalue weighted by molar-refractivity contribution is 5.54. The summed E-state index contributed by atoms with van der Waals surface area (Å²) in [5.74, 6) is 1.66. The Morgan fingerprint density at radius 1 is 1.17 bits per heavy atom. The fraction of sp³-hybridized carbons (Fsp3) is 0.571. The van der Waals surface area contributed by atoms with E-state index < -0.39 is 0 Å². The summed E-state index contributed by atoms with van der Waals surface area (Å²) in [5.41, 5.74) is 1.04. The molecule has 1 aromatic carbocycles. The Hall–Kier alpha value is -1.42. The summed E-state index contributed by atoms with van der Waals surface area (Å²) >= 11 is 0. The smallest absolute Gasteiger partial charge is 0.163 e. The van der Waals surface area contributed by atoms with E-state index in [1.165, 1.54) is 0 Å². The van der Waals surface area contributed by atoms with Gasteiger partial charge in [0.2, 0.25) is 0 Å². The Balaban J connectivity index is 1.84. The minimum atomic E-state index is 0.718. The molecule has 0 saturated heterocycles. The van der Waals surface area contributed by atoms with Gasteiger partial charge < -0.3 is 19.5 Å². The molecule has 0 spiro atoms.